The molecule has 52 valence electrons. The van der Waals surface area contributed by atoms with Gasteiger partial charge in [-0.2, -0.15) is 0 Å². The molecule has 0 aliphatic rings. The third kappa shape index (κ3) is 4.80. The molecule has 0 saturated heterocycles. The van der Waals surface area contributed by atoms with Crippen LogP contribution in [0.2, 0.25) is 0 Å². The minimum atomic E-state index is -0.801. The molecule has 4 nitrogen and oxygen atoms in total. The average Bonchev–Trinajstić information content (AvgIpc) is 1.85. The molecule has 0 aromatic heterocycles. The fourth-order valence-corrected chi connectivity index (χ4v) is 0.262. The van der Waals surface area contributed by atoms with Crippen LogP contribution in [0, 0.1) is 0 Å². The van der Waals surface area contributed by atoms with Crippen LogP contribution >= 0.6 is 0 Å². The monoisotopic (exact) mass is 132 g/mol. The third-order valence-electron chi connectivity index (χ3n) is 0.531. The number of hydrogen-bond donors (Lipinski definition) is 0. The molecule has 0 aromatic carbocycles. The SMILES string of the molecule is CCOC(=O)OCC=O. The number of carbonyl (C=O) groups excluding carboxylic acids is 2. The Bertz CT molecular complexity index is 99.1. The number of aldehydes is 1. The van der Waals surface area contributed by atoms with E-state index in [9.17, 15) is 9.59 Å². The van der Waals surface area contributed by atoms with Crippen molar-refractivity contribution in [1.29, 1.82) is 0 Å². The van der Waals surface area contributed by atoms with E-state index < -0.39 is 6.16 Å². The van der Waals surface area contributed by atoms with Crippen LogP contribution in [-0.2, 0) is 14.3 Å². The lowest BCUT2D eigenvalue weighted by Gasteiger charge is -1.98. The largest absolute Gasteiger partial charge is 0.508 e. The van der Waals surface area contributed by atoms with E-state index in [0.29, 0.717) is 6.29 Å². The molecule has 4 heteroatoms. The molecule has 0 spiro atoms. The van der Waals surface area contributed by atoms with E-state index in [4.69, 9.17) is 0 Å². The van der Waals surface area contributed by atoms with Crippen molar-refractivity contribution in [2.45, 2.75) is 6.92 Å². The first-order valence-electron chi connectivity index (χ1n) is 2.54. The highest BCUT2D eigenvalue weighted by atomic mass is 16.7. The lowest BCUT2D eigenvalue weighted by Crippen LogP contribution is -2.08. The first kappa shape index (κ1) is 7.94. The molecule has 0 unspecified atom stereocenters. The van der Waals surface area contributed by atoms with Gasteiger partial charge in [-0.05, 0) is 6.92 Å². The Morgan fingerprint density at radius 3 is 2.67 bits per heavy atom. The minimum absolute atomic E-state index is 0.237. The Kier molecular flexibility index (Phi) is 4.49. The maximum atomic E-state index is 10.2. The van der Waals surface area contributed by atoms with E-state index >= 15 is 0 Å². The van der Waals surface area contributed by atoms with Gasteiger partial charge in [0.25, 0.3) is 0 Å². The third-order valence-corrected chi connectivity index (χ3v) is 0.531. The van der Waals surface area contributed by atoms with Gasteiger partial charge in [-0.1, -0.05) is 0 Å². The van der Waals surface area contributed by atoms with Crippen molar-refractivity contribution in [3.63, 3.8) is 0 Å². The van der Waals surface area contributed by atoms with Crippen LogP contribution in [0.3, 0.4) is 0 Å². The summed E-state index contributed by atoms with van der Waals surface area (Å²) in [5, 5.41) is 0. The molecule has 0 rings (SSSR count). The number of carbonyl (C=O) groups is 2. The maximum absolute atomic E-state index is 10.2. The molecule has 0 fully saturated rings. The topological polar surface area (TPSA) is 52.6 Å². The fraction of sp³-hybridized carbons (Fsp3) is 0.600. The highest BCUT2D eigenvalue weighted by molar-refractivity contribution is 5.63. The Hall–Kier alpha value is -1.06. The smallest absolute Gasteiger partial charge is 0.435 e. The van der Waals surface area contributed by atoms with Crippen LogP contribution in [0.4, 0.5) is 4.79 Å². The van der Waals surface area contributed by atoms with Crippen molar-refractivity contribution >= 4 is 12.4 Å². The summed E-state index contributed by atoms with van der Waals surface area (Å²) in [5.74, 6) is 0. The molecule has 0 aliphatic heterocycles. The van der Waals surface area contributed by atoms with Gasteiger partial charge in [-0.15, -0.1) is 0 Å². The van der Waals surface area contributed by atoms with Crippen molar-refractivity contribution < 1.29 is 19.1 Å². The van der Waals surface area contributed by atoms with Crippen LogP contribution in [0.1, 0.15) is 6.92 Å². The van der Waals surface area contributed by atoms with Gasteiger partial charge < -0.3 is 9.47 Å². The zero-order valence-electron chi connectivity index (χ0n) is 5.12. The van der Waals surface area contributed by atoms with Gasteiger partial charge in [0.2, 0.25) is 0 Å². The van der Waals surface area contributed by atoms with Crippen molar-refractivity contribution in [3.8, 4) is 0 Å². The van der Waals surface area contributed by atoms with Crippen LogP contribution in [0.25, 0.3) is 0 Å². The minimum Gasteiger partial charge on any atom is -0.435 e. The first-order chi connectivity index (χ1) is 4.31. The molecule has 0 amide bonds. The molecule has 0 aliphatic carbocycles. The number of ether oxygens (including phenoxy) is 2. The quantitative estimate of drug-likeness (QED) is 0.411. The lowest BCUT2D eigenvalue weighted by molar-refractivity contribution is -0.111. The zero-order chi connectivity index (χ0) is 7.11. The van der Waals surface area contributed by atoms with Crippen molar-refractivity contribution in [2.75, 3.05) is 13.2 Å². The second-order valence-corrected chi connectivity index (χ2v) is 1.16. The van der Waals surface area contributed by atoms with Gasteiger partial charge in [0.05, 0.1) is 6.61 Å². The molecular formula is C5H8O4. The van der Waals surface area contributed by atoms with E-state index in [-0.39, 0.29) is 13.2 Å². The van der Waals surface area contributed by atoms with Gasteiger partial charge in [0.1, 0.15) is 0 Å². The Morgan fingerprint density at radius 1 is 1.56 bits per heavy atom. The standard InChI is InChI=1S/C5H8O4/c1-2-8-5(7)9-4-3-6/h3H,2,4H2,1H3. The Morgan fingerprint density at radius 2 is 2.22 bits per heavy atom. The molecule has 0 heterocycles. The van der Waals surface area contributed by atoms with Crippen LogP contribution in [-0.4, -0.2) is 25.7 Å². The van der Waals surface area contributed by atoms with Crippen LogP contribution < -0.4 is 0 Å². The predicted molar refractivity (Wildman–Crippen MR) is 29.0 cm³/mol. The summed E-state index contributed by atoms with van der Waals surface area (Å²) in [6.45, 7) is 1.68. The van der Waals surface area contributed by atoms with E-state index in [1.807, 2.05) is 0 Å². The maximum Gasteiger partial charge on any atom is 0.508 e. The fourth-order valence-electron chi connectivity index (χ4n) is 0.262. The zero-order valence-corrected chi connectivity index (χ0v) is 5.12. The number of rotatable bonds is 3. The summed E-state index contributed by atoms with van der Waals surface area (Å²) in [6, 6.07) is 0. The first-order valence-corrected chi connectivity index (χ1v) is 2.54. The normalized spacial score (nSPS) is 8.11. The van der Waals surface area contributed by atoms with Gasteiger partial charge in [0.15, 0.2) is 12.9 Å². The summed E-state index contributed by atoms with van der Waals surface area (Å²) in [5.41, 5.74) is 0. The van der Waals surface area contributed by atoms with Crippen molar-refractivity contribution in [2.24, 2.45) is 0 Å². The summed E-state index contributed by atoms with van der Waals surface area (Å²) in [7, 11) is 0. The average molecular weight is 132 g/mol. The van der Waals surface area contributed by atoms with Crippen molar-refractivity contribution in [1.82, 2.24) is 0 Å². The van der Waals surface area contributed by atoms with Gasteiger partial charge in [-0.3, -0.25) is 4.79 Å². The van der Waals surface area contributed by atoms with Gasteiger partial charge >= 0.3 is 6.16 Å². The molecular weight excluding hydrogens is 124 g/mol. The molecule has 0 atom stereocenters. The molecule has 0 aromatic rings. The highest BCUT2D eigenvalue weighted by Gasteiger charge is 1.98. The summed E-state index contributed by atoms with van der Waals surface area (Å²) >= 11 is 0. The molecule has 0 bridgehead atoms. The van der Waals surface area contributed by atoms with Crippen molar-refractivity contribution in [3.05, 3.63) is 0 Å². The van der Waals surface area contributed by atoms with Crippen LogP contribution in [0.5, 0.6) is 0 Å². The Labute approximate surface area is 52.7 Å². The second kappa shape index (κ2) is 5.08. The highest BCUT2D eigenvalue weighted by Crippen LogP contribution is 1.81. The summed E-state index contributed by atoms with van der Waals surface area (Å²) in [6.07, 6.45) is -0.318. The van der Waals surface area contributed by atoms with E-state index in [1.54, 1.807) is 6.92 Å². The van der Waals surface area contributed by atoms with E-state index in [1.165, 1.54) is 0 Å². The van der Waals surface area contributed by atoms with E-state index in [2.05, 4.69) is 9.47 Å². The van der Waals surface area contributed by atoms with Crippen LogP contribution in [0.15, 0.2) is 0 Å². The summed E-state index contributed by atoms with van der Waals surface area (Å²) in [4.78, 5) is 19.8. The van der Waals surface area contributed by atoms with E-state index in [0.717, 1.165) is 0 Å². The number of hydrogen-bond acceptors (Lipinski definition) is 4. The second-order valence-electron chi connectivity index (χ2n) is 1.16. The molecule has 9 heavy (non-hydrogen) atoms. The van der Waals surface area contributed by atoms with Gasteiger partial charge in [-0.25, -0.2) is 4.79 Å². The predicted octanol–water partition coefficient (Wildman–Crippen LogP) is 0.358. The summed E-state index contributed by atoms with van der Waals surface area (Å²) < 4.78 is 8.53. The molecule has 0 radical (unpaired) electrons. The van der Waals surface area contributed by atoms with Gasteiger partial charge in [0, 0.05) is 0 Å². The molecule has 0 saturated carbocycles. The lowest BCUT2D eigenvalue weighted by atomic mass is 10.8. The molecule has 0 N–H and O–H groups in total. The Balaban J connectivity index is 3.16.